The molecule has 0 spiro atoms. The van der Waals surface area contributed by atoms with E-state index >= 15 is 0 Å². The Kier molecular flexibility index (Phi) is 6.83. The Hall–Kier alpha value is -4.54. The number of nitrogens with zero attached hydrogens (tertiary/aromatic N) is 4. The lowest BCUT2D eigenvalue weighted by Crippen LogP contribution is -2.25. The highest BCUT2D eigenvalue weighted by atomic mass is 35.5. The van der Waals surface area contributed by atoms with Crippen LogP contribution in [0.1, 0.15) is 23.7 Å². The van der Waals surface area contributed by atoms with Gasteiger partial charge in [-0.3, -0.25) is 18.5 Å². The molecule has 0 aliphatic carbocycles. The number of benzene rings is 3. The molecule has 0 unspecified atom stereocenters. The van der Waals surface area contributed by atoms with Gasteiger partial charge in [0.15, 0.2) is 11.4 Å². The lowest BCUT2D eigenvalue weighted by atomic mass is 9.98. The van der Waals surface area contributed by atoms with Crippen LogP contribution in [0.5, 0.6) is 0 Å². The minimum atomic E-state index is -3.70. The largest absolute Gasteiger partial charge is 0.455 e. The molecule has 0 radical (unpaired) electrons. The average Bonchev–Trinajstić information content (AvgIpc) is 3.57. The number of furan rings is 1. The molecule has 0 atom stereocenters. The number of halogens is 2. The number of aromatic nitrogens is 3. The number of hydrogen-bond acceptors (Lipinski definition) is 6. The standard InChI is InChI=1S/C31H24ClFN4O4S/c1-4-27(38)30-23-13-22(24-17-37-26(15-35-29(37)16-34-24)18-5-9-20(32)10-6-18)25(36(2)42(3,39)40)14-28(23)41-31(30)19-7-11-21(33)12-8-19/h5-17H,4H2,1-3H3. The zero-order valence-corrected chi connectivity index (χ0v) is 24.4. The molecule has 0 aliphatic rings. The Morgan fingerprint density at radius 1 is 1.02 bits per heavy atom. The number of carbonyl (C=O) groups excluding carboxylic acids is 1. The number of imidazole rings is 1. The van der Waals surface area contributed by atoms with Crippen LogP contribution in [0.2, 0.25) is 5.02 Å². The van der Waals surface area contributed by atoms with Gasteiger partial charge in [-0.1, -0.05) is 30.7 Å². The van der Waals surface area contributed by atoms with Gasteiger partial charge in [0.2, 0.25) is 10.0 Å². The molecule has 6 aromatic rings. The molecule has 0 N–H and O–H groups in total. The molecular weight excluding hydrogens is 579 g/mol. The zero-order chi connectivity index (χ0) is 29.8. The van der Waals surface area contributed by atoms with E-state index < -0.39 is 15.8 Å². The van der Waals surface area contributed by atoms with E-state index in [1.165, 1.54) is 31.3 Å². The maximum atomic E-state index is 13.7. The van der Waals surface area contributed by atoms with Crippen LogP contribution in [0.3, 0.4) is 0 Å². The maximum Gasteiger partial charge on any atom is 0.232 e. The van der Waals surface area contributed by atoms with E-state index in [-0.39, 0.29) is 18.0 Å². The van der Waals surface area contributed by atoms with E-state index in [1.54, 1.807) is 49.8 Å². The second kappa shape index (κ2) is 10.4. The first-order chi connectivity index (χ1) is 20.0. The monoisotopic (exact) mass is 602 g/mol. The fraction of sp³-hybridized carbons (Fsp3) is 0.129. The second-order valence-corrected chi connectivity index (χ2v) is 12.3. The van der Waals surface area contributed by atoms with E-state index in [4.69, 9.17) is 16.0 Å². The summed E-state index contributed by atoms with van der Waals surface area (Å²) in [6.07, 6.45) is 6.40. The molecule has 8 nitrogen and oxygen atoms in total. The lowest BCUT2D eigenvalue weighted by Gasteiger charge is -2.20. The summed E-state index contributed by atoms with van der Waals surface area (Å²) in [7, 11) is -2.26. The predicted molar refractivity (Wildman–Crippen MR) is 162 cm³/mol. The Morgan fingerprint density at radius 3 is 2.38 bits per heavy atom. The number of carbonyl (C=O) groups is 1. The summed E-state index contributed by atoms with van der Waals surface area (Å²) in [5.41, 5.74) is 4.63. The molecule has 3 heterocycles. The van der Waals surface area contributed by atoms with Gasteiger partial charge in [-0.05, 0) is 42.5 Å². The summed E-state index contributed by atoms with van der Waals surface area (Å²) in [5.74, 6) is -0.312. The van der Waals surface area contributed by atoms with Gasteiger partial charge >= 0.3 is 0 Å². The maximum absolute atomic E-state index is 13.7. The third-order valence-corrected chi connectivity index (χ3v) is 8.60. The second-order valence-electron chi connectivity index (χ2n) is 9.84. The molecule has 212 valence electrons. The number of fused-ring (bicyclic) bond motifs is 2. The zero-order valence-electron chi connectivity index (χ0n) is 22.8. The van der Waals surface area contributed by atoms with Crippen molar-refractivity contribution in [1.29, 1.82) is 0 Å². The van der Waals surface area contributed by atoms with E-state index in [9.17, 15) is 17.6 Å². The summed E-state index contributed by atoms with van der Waals surface area (Å²) in [4.78, 5) is 22.3. The quantitative estimate of drug-likeness (QED) is 0.178. The van der Waals surface area contributed by atoms with E-state index in [1.807, 2.05) is 16.5 Å². The first-order valence-electron chi connectivity index (χ1n) is 13.0. The lowest BCUT2D eigenvalue weighted by molar-refractivity contribution is 0.0989. The van der Waals surface area contributed by atoms with Gasteiger partial charge in [-0.15, -0.1) is 0 Å². The highest BCUT2D eigenvalue weighted by molar-refractivity contribution is 7.92. The number of sulfonamides is 1. The minimum absolute atomic E-state index is 0.175. The molecule has 0 saturated heterocycles. The van der Waals surface area contributed by atoms with Gasteiger partial charge in [-0.2, -0.15) is 0 Å². The highest BCUT2D eigenvalue weighted by Gasteiger charge is 2.26. The Morgan fingerprint density at radius 2 is 1.71 bits per heavy atom. The number of rotatable bonds is 7. The smallest absolute Gasteiger partial charge is 0.232 e. The summed E-state index contributed by atoms with van der Waals surface area (Å²) in [5, 5.41) is 1.10. The highest BCUT2D eigenvalue weighted by Crippen LogP contribution is 2.41. The molecule has 0 amide bonds. The molecular formula is C31H24ClFN4O4S. The van der Waals surface area contributed by atoms with E-state index in [0.29, 0.717) is 49.7 Å². The summed E-state index contributed by atoms with van der Waals surface area (Å²) >= 11 is 6.09. The van der Waals surface area contributed by atoms with Crippen molar-refractivity contribution in [3.05, 3.63) is 95.7 Å². The molecule has 0 bridgehead atoms. The molecule has 3 aromatic carbocycles. The minimum Gasteiger partial charge on any atom is -0.455 e. The van der Waals surface area contributed by atoms with E-state index in [0.717, 1.165) is 21.8 Å². The van der Waals surface area contributed by atoms with Crippen molar-refractivity contribution in [1.82, 2.24) is 14.4 Å². The molecule has 0 fully saturated rings. The van der Waals surface area contributed by atoms with Gasteiger partial charge in [0.05, 0.1) is 41.3 Å². The predicted octanol–water partition coefficient (Wildman–Crippen LogP) is 7.26. The summed E-state index contributed by atoms with van der Waals surface area (Å²) in [6, 6.07) is 16.3. The Bertz CT molecular complexity index is 2100. The van der Waals surface area contributed by atoms with Crippen molar-refractivity contribution in [2.45, 2.75) is 13.3 Å². The van der Waals surface area contributed by atoms with Crippen molar-refractivity contribution in [3.63, 3.8) is 0 Å². The van der Waals surface area contributed by atoms with Crippen LogP contribution in [-0.4, -0.2) is 41.9 Å². The first kappa shape index (κ1) is 27.6. The average molecular weight is 603 g/mol. The van der Waals surface area contributed by atoms with Crippen LogP contribution < -0.4 is 4.31 Å². The normalized spacial score (nSPS) is 11.8. The molecule has 0 aliphatic heterocycles. The Labute approximate surface area is 246 Å². The van der Waals surface area contributed by atoms with Crippen molar-refractivity contribution in [3.8, 4) is 33.8 Å². The molecule has 3 aromatic heterocycles. The molecule has 11 heteroatoms. The van der Waals surface area contributed by atoms with Gasteiger partial charge < -0.3 is 4.42 Å². The first-order valence-corrected chi connectivity index (χ1v) is 15.2. The fourth-order valence-electron chi connectivity index (χ4n) is 4.90. The molecule has 6 rings (SSSR count). The van der Waals surface area contributed by atoms with Crippen LogP contribution in [-0.2, 0) is 10.0 Å². The SMILES string of the molecule is CCC(=O)c1c(-c2ccc(F)cc2)oc2cc(N(C)S(C)(=O)=O)c(-c3cn4c(-c5ccc(Cl)cc5)cnc4cn3)cc12. The van der Waals surface area contributed by atoms with Crippen LogP contribution in [0, 0.1) is 5.82 Å². The fourth-order valence-corrected chi connectivity index (χ4v) is 5.53. The van der Waals surface area contributed by atoms with Crippen LogP contribution in [0.25, 0.3) is 50.5 Å². The van der Waals surface area contributed by atoms with Crippen LogP contribution >= 0.6 is 11.6 Å². The van der Waals surface area contributed by atoms with Crippen LogP contribution in [0.15, 0.2) is 83.7 Å². The molecule has 0 saturated carbocycles. The van der Waals surface area contributed by atoms with Crippen molar-refractivity contribution in [2.75, 3.05) is 17.6 Å². The number of Topliss-reactive ketones (excluding diaryl/α,β-unsaturated/α-hetero) is 1. The van der Waals surface area contributed by atoms with Crippen molar-refractivity contribution < 1.29 is 22.0 Å². The third-order valence-electron chi connectivity index (χ3n) is 7.16. The Balaban J connectivity index is 1.63. The molecule has 42 heavy (non-hydrogen) atoms. The van der Waals surface area contributed by atoms with Gasteiger partial charge in [-0.25, -0.2) is 17.8 Å². The van der Waals surface area contributed by atoms with E-state index in [2.05, 4.69) is 9.97 Å². The van der Waals surface area contributed by atoms with Crippen molar-refractivity contribution in [2.24, 2.45) is 0 Å². The van der Waals surface area contributed by atoms with Gasteiger partial charge in [0.1, 0.15) is 17.2 Å². The third kappa shape index (κ3) is 4.82. The van der Waals surface area contributed by atoms with Gasteiger partial charge in [0.25, 0.3) is 0 Å². The van der Waals surface area contributed by atoms with Crippen molar-refractivity contribution >= 4 is 49.7 Å². The summed E-state index contributed by atoms with van der Waals surface area (Å²) < 4.78 is 48.3. The summed E-state index contributed by atoms with van der Waals surface area (Å²) in [6.45, 7) is 1.75. The number of ketones is 1. The number of hydrogen-bond donors (Lipinski definition) is 0. The van der Waals surface area contributed by atoms with Gasteiger partial charge in [0, 0.05) is 52.8 Å². The van der Waals surface area contributed by atoms with Crippen LogP contribution in [0.4, 0.5) is 10.1 Å². The topological polar surface area (TPSA) is 97.8 Å². The number of anilines is 1.